The molecule has 0 unspecified atom stereocenters. The summed E-state index contributed by atoms with van der Waals surface area (Å²) in [5.74, 6) is -2.92. The molecule has 1 aromatic carbocycles. The van der Waals surface area contributed by atoms with E-state index < -0.39 is 30.4 Å². The van der Waals surface area contributed by atoms with Crippen LogP contribution in [0.4, 0.5) is 0 Å². The molecule has 0 radical (unpaired) electrons. The highest BCUT2D eigenvalue weighted by molar-refractivity contribution is 6.30. The number of hydrogen-bond donors (Lipinski definition) is 2. The van der Waals surface area contributed by atoms with Crippen LogP contribution in [0.15, 0.2) is 36.4 Å². The number of carbonyl (C=O) groups excluding carboxylic acids is 4. The van der Waals surface area contributed by atoms with Gasteiger partial charge < -0.3 is 9.47 Å². The Balaban J connectivity index is 2.31. The zero-order valence-electron chi connectivity index (χ0n) is 12.7. The second-order valence-corrected chi connectivity index (χ2v) is 4.64. The van der Waals surface area contributed by atoms with Gasteiger partial charge in [0.05, 0.1) is 6.61 Å². The van der Waals surface area contributed by atoms with Crippen molar-refractivity contribution in [3.63, 3.8) is 0 Å². The van der Waals surface area contributed by atoms with Crippen molar-refractivity contribution in [3.05, 3.63) is 47.0 Å². The van der Waals surface area contributed by atoms with Crippen LogP contribution in [-0.2, 0) is 23.9 Å². The number of halogens is 1. The van der Waals surface area contributed by atoms with Crippen LogP contribution in [0.25, 0.3) is 0 Å². The summed E-state index contributed by atoms with van der Waals surface area (Å²) in [6, 6.07) is 6.00. The van der Waals surface area contributed by atoms with Gasteiger partial charge in [0.25, 0.3) is 11.8 Å². The average Bonchev–Trinajstić information content (AvgIpc) is 2.56. The van der Waals surface area contributed by atoms with Gasteiger partial charge in [0.1, 0.15) is 0 Å². The number of benzene rings is 1. The van der Waals surface area contributed by atoms with Crippen LogP contribution in [0.1, 0.15) is 17.3 Å². The van der Waals surface area contributed by atoms with E-state index in [1.807, 2.05) is 0 Å². The van der Waals surface area contributed by atoms with Gasteiger partial charge in [0.2, 0.25) is 0 Å². The van der Waals surface area contributed by atoms with Crippen molar-refractivity contribution in [1.82, 2.24) is 10.9 Å². The molecule has 0 saturated heterocycles. The van der Waals surface area contributed by atoms with Gasteiger partial charge in [-0.3, -0.25) is 20.4 Å². The molecule has 0 fully saturated rings. The van der Waals surface area contributed by atoms with Crippen molar-refractivity contribution in [1.29, 1.82) is 0 Å². The molecule has 0 aliphatic heterocycles. The fraction of sp³-hybridized carbons (Fsp3) is 0.200. The Bertz CT molecular complexity index is 642. The Hall–Kier alpha value is -2.87. The molecule has 0 saturated carbocycles. The van der Waals surface area contributed by atoms with Crippen molar-refractivity contribution < 1.29 is 28.7 Å². The fourth-order valence-corrected chi connectivity index (χ4v) is 1.47. The molecule has 8 nitrogen and oxygen atoms in total. The predicted molar refractivity (Wildman–Crippen MR) is 83.8 cm³/mol. The number of hydrogen-bond acceptors (Lipinski definition) is 6. The van der Waals surface area contributed by atoms with Crippen LogP contribution in [0.2, 0.25) is 5.02 Å². The molecule has 2 N–H and O–H groups in total. The molecule has 0 aromatic heterocycles. The molecule has 2 amide bonds. The number of amides is 2. The van der Waals surface area contributed by atoms with Gasteiger partial charge in [-0.25, -0.2) is 9.59 Å². The lowest BCUT2D eigenvalue weighted by Gasteiger charge is -2.07. The molecule has 1 aromatic rings. The van der Waals surface area contributed by atoms with E-state index in [4.69, 9.17) is 11.6 Å². The van der Waals surface area contributed by atoms with Crippen LogP contribution in [0, 0.1) is 0 Å². The Morgan fingerprint density at radius 3 is 2.17 bits per heavy atom. The Morgan fingerprint density at radius 2 is 1.58 bits per heavy atom. The van der Waals surface area contributed by atoms with Crippen molar-refractivity contribution in [2.24, 2.45) is 0 Å². The highest BCUT2D eigenvalue weighted by atomic mass is 35.5. The van der Waals surface area contributed by atoms with Gasteiger partial charge in [0.15, 0.2) is 6.61 Å². The molecule has 0 spiro atoms. The number of esters is 2. The molecule has 0 heterocycles. The fourth-order valence-electron chi connectivity index (χ4n) is 1.35. The van der Waals surface area contributed by atoms with Crippen molar-refractivity contribution in [2.75, 3.05) is 13.2 Å². The summed E-state index contributed by atoms with van der Waals surface area (Å²) in [4.78, 5) is 45.4. The van der Waals surface area contributed by atoms with E-state index in [1.165, 1.54) is 24.3 Å². The topological polar surface area (TPSA) is 111 Å². The number of rotatable bonds is 6. The third kappa shape index (κ3) is 7.41. The molecular formula is C15H15ClN2O6. The summed E-state index contributed by atoms with van der Waals surface area (Å²) in [6.07, 6.45) is 1.71. The van der Waals surface area contributed by atoms with Gasteiger partial charge >= 0.3 is 11.9 Å². The van der Waals surface area contributed by atoms with Crippen LogP contribution < -0.4 is 10.9 Å². The van der Waals surface area contributed by atoms with Gasteiger partial charge in [-0.05, 0) is 31.2 Å². The van der Waals surface area contributed by atoms with E-state index in [0.717, 1.165) is 12.2 Å². The Morgan fingerprint density at radius 1 is 1.00 bits per heavy atom. The Kier molecular flexibility index (Phi) is 8.00. The lowest BCUT2D eigenvalue weighted by molar-refractivity contribution is -0.144. The smallest absolute Gasteiger partial charge is 0.331 e. The second-order valence-electron chi connectivity index (χ2n) is 4.20. The minimum atomic E-state index is -0.901. The molecule has 1 rings (SSSR count). The average molecular weight is 355 g/mol. The van der Waals surface area contributed by atoms with Gasteiger partial charge in [-0.15, -0.1) is 0 Å². The summed E-state index contributed by atoms with van der Waals surface area (Å²) in [5.41, 5.74) is 4.50. The normalized spacial score (nSPS) is 10.1. The van der Waals surface area contributed by atoms with Crippen molar-refractivity contribution in [2.45, 2.75) is 6.92 Å². The summed E-state index contributed by atoms with van der Waals surface area (Å²) in [5, 5.41) is 0.471. The highest BCUT2D eigenvalue weighted by Crippen LogP contribution is 2.08. The number of carbonyl (C=O) groups is 4. The van der Waals surface area contributed by atoms with Crippen LogP contribution >= 0.6 is 11.6 Å². The molecular weight excluding hydrogens is 340 g/mol. The van der Waals surface area contributed by atoms with Gasteiger partial charge in [-0.2, -0.15) is 0 Å². The maximum absolute atomic E-state index is 11.7. The SMILES string of the molecule is CCOC(=O)/C=C/C(=O)OCC(=O)NNC(=O)c1ccc(Cl)cc1. The molecule has 0 bridgehead atoms. The van der Waals surface area contributed by atoms with E-state index in [9.17, 15) is 19.2 Å². The number of ether oxygens (including phenoxy) is 2. The standard InChI is InChI=1S/C15H15ClN2O6/c1-2-23-13(20)7-8-14(21)24-9-12(19)17-18-15(22)10-3-5-11(16)6-4-10/h3-8H,2,9H2,1H3,(H,17,19)(H,18,22)/b8-7+. The first kappa shape index (κ1) is 19.2. The van der Waals surface area contributed by atoms with Crippen LogP contribution in [0.5, 0.6) is 0 Å². The largest absolute Gasteiger partial charge is 0.463 e. The molecule has 9 heteroatoms. The summed E-state index contributed by atoms with van der Waals surface area (Å²) in [6.45, 7) is 1.16. The lowest BCUT2D eigenvalue weighted by Crippen LogP contribution is -2.43. The first-order chi connectivity index (χ1) is 11.4. The zero-order chi connectivity index (χ0) is 17.9. The first-order valence-electron chi connectivity index (χ1n) is 6.78. The maximum Gasteiger partial charge on any atom is 0.331 e. The molecule has 128 valence electrons. The van der Waals surface area contributed by atoms with Crippen molar-refractivity contribution in [3.8, 4) is 0 Å². The summed E-state index contributed by atoms with van der Waals surface area (Å²) < 4.78 is 9.14. The minimum Gasteiger partial charge on any atom is -0.463 e. The molecule has 24 heavy (non-hydrogen) atoms. The lowest BCUT2D eigenvalue weighted by atomic mass is 10.2. The summed E-state index contributed by atoms with van der Waals surface area (Å²) >= 11 is 5.69. The molecule has 0 atom stereocenters. The van der Waals surface area contributed by atoms with Crippen molar-refractivity contribution >= 4 is 35.4 Å². The third-order valence-corrected chi connectivity index (χ3v) is 2.66. The molecule has 0 aliphatic carbocycles. The number of nitrogens with one attached hydrogen (secondary N) is 2. The predicted octanol–water partition coefficient (Wildman–Crippen LogP) is 0.764. The first-order valence-corrected chi connectivity index (χ1v) is 7.16. The third-order valence-electron chi connectivity index (χ3n) is 2.41. The zero-order valence-corrected chi connectivity index (χ0v) is 13.5. The van der Waals surface area contributed by atoms with E-state index in [-0.39, 0.29) is 12.2 Å². The second kappa shape index (κ2) is 10.0. The molecule has 0 aliphatic rings. The minimum absolute atomic E-state index is 0.175. The van der Waals surface area contributed by atoms with Gasteiger partial charge in [-0.1, -0.05) is 11.6 Å². The van der Waals surface area contributed by atoms with Crippen LogP contribution in [0.3, 0.4) is 0 Å². The van der Waals surface area contributed by atoms with Gasteiger partial charge in [0, 0.05) is 22.7 Å². The van der Waals surface area contributed by atoms with E-state index in [0.29, 0.717) is 5.02 Å². The maximum atomic E-state index is 11.7. The van der Waals surface area contributed by atoms with E-state index >= 15 is 0 Å². The highest BCUT2D eigenvalue weighted by Gasteiger charge is 2.09. The quantitative estimate of drug-likeness (QED) is 0.443. The monoisotopic (exact) mass is 354 g/mol. The van der Waals surface area contributed by atoms with E-state index in [2.05, 4.69) is 20.3 Å². The van der Waals surface area contributed by atoms with Crippen LogP contribution in [-0.4, -0.2) is 37.0 Å². The number of hydrazine groups is 1. The Labute approximate surface area is 142 Å². The summed E-state index contributed by atoms with van der Waals surface area (Å²) in [7, 11) is 0. The van der Waals surface area contributed by atoms with E-state index in [1.54, 1.807) is 6.92 Å².